The van der Waals surface area contributed by atoms with Crippen molar-refractivity contribution in [3.63, 3.8) is 0 Å². The van der Waals surface area contributed by atoms with Crippen LogP contribution in [0.25, 0.3) is 0 Å². The predicted molar refractivity (Wildman–Crippen MR) is 27.5 cm³/mol. The first-order chi connectivity index (χ1) is 4.24. The van der Waals surface area contributed by atoms with Crippen LogP contribution in [0, 0.1) is 0 Å². The summed E-state index contributed by atoms with van der Waals surface area (Å²) < 4.78 is 4.55. The fourth-order valence-corrected chi connectivity index (χ4v) is 0.564. The molecule has 0 aromatic carbocycles. The Morgan fingerprint density at radius 1 is 1.56 bits per heavy atom. The summed E-state index contributed by atoms with van der Waals surface area (Å²) in [5.74, 6) is -0.442. The van der Waals surface area contributed by atoms with Crippen LogP contribution in [0.1, 0.15) is 0 Å². The standard InChI is InChI=1S/C4H6N2O3/c1-9-3-2(7)5-4(8)6-3/h3H,1H3,(H2,5,6,7,8). The van der Waals surface area contributed by atoms with Gasteiger partial charge in [0.15, 0.2) is 0 Å². The van der Waals surface area contributed by atoms with Crippen LogP contribution in [0.5, 0.6) is 0 Å². The SMILES string of the molecule is COC1NC(=O)NC1=O. The first-order valence-corrected chi connectivity index (χ1v) is 2.38. The minimum Gasteiger partial charge on any atom is -0.353 e. The van der Waals surface area contributed by atoms with Gasteiger partial charge in [-0.05, 0) is 0 Å². The second kappa shape index (κ2) is 2.02. The van der Waals surface area contributed by atoms with Gasteiger partial charge in [-0.15, -0.1) is 0 Å². The van der Waals surface area contributed by atoms with Crippen molar-refractivity contribution in [2.75, 3.05) is 7.11 Å². The minimum atomic E-state index is -0.808. The zero-order valence-electron chi connectivity index (χ0n) is 4.80. The quantitative estimate of drug-likeness (QED) is 0.438. The summed E-state index contributed by atoms with van der Waals surface area (Å²) in [4.78, 5) is 20.8. The molecule has 1 aliphatic rings. The summed E-state index contributed by atoms with van der Waals surface area (Å²) in [6, 6.07) is -0.508. The largest absolute Gasteiger partial charge is 0.353 e. The molecule has 1 heterocycles. The van der Waals surface area contributed by atoms with Crippen molar-refractivity contribution in [3.05, 3.63) is 0 Å². The van der Waals surface area contributed by atoms with Gasteiger partial charge in [-0.25, -0.2) is 4.79 Å². The van der Waals surface area contributed by atoms with Crippen LogP contribution in [0.3, 0.4) is 0 Å². The van der Waals surface area contributed by atoms with E-state index in [0.717, 1.165) is 0 Å². The summed E-state index contributed by atoms with van der Waals surface area (Å²) in [5.41, 5.74) is 0. The van der Waals surface area contributed by atoms with Gasteiger partial charge in [0.05, 0.1) is 0 Å². The lowest BCUT2D eigenvalue weighted by molar-refractivity contribution is -0.128. The molecular formula is C4H6N2O3. The lowest BCUT2D eigenvalue weighted by atomic mass is 10.6. The molecule has 1 aliphatic heterocycles. The van der Waals surface area contributed by atoms with Gasteiger partial charge in [-0.2, -0.15) is 0 Å². The predicted octanol–water partition coefficient (Wildman–Crippen LogP) is -1.20. The normalized spacial score (nSPS) is 25.7. The molecule has 5 heteroatoms. The van der Waals surface area contributed by atoms with E-state index < -0.39 is 18.2 Å². The molecule has 9 heavy (non-hydrogen) atoms. The van der Waals surface area contributed by atoms with Gasteiger partial charge in [0.25, 0.3) is 5.91 Å². The van der Waals surface area contributed by atoms with Crippen LogP contribution >= 0.6 is 0 Å². The number of hydrogen-bond donors (Lipinski definition) is 2. The molecule has 0 radical (unpaired) electrons. The minimum absolute atomic E-state index is 0.442. The molecular weight excluding hydrogens is 124 g/mol. The number of imide groups is 1. The van der Waals surface area contributed by atoms with E-state index in [1.165, 1.54) is 7.11 Å². The van der Waals surface area contributed by atoms with Gasteiger partial charge in [-0.3, -0.25) is 10.1 Å². The second-order valence-corrected chi connectivity index (χ2v) is 1.58. The number of methoxy groups -OCH3 is 1. The maximum absolute atomic E-state index is 10.5. The Bertz CT molecular complexity index is 156. The topological polar surface area (TPSA) is 67.4 Å². The number of ether oxygens (including phenoxy) is 1. The van der Waals surface area contributed by atoms with Gasteiger partial charge in [0, 0.05) is 7.11 Å². The highest BCUT2D eigenvalue weighted by Gasteiger charge is 2.28. The first-order valence-electron chi connectivity index (χ1n) is 2.38. The Hall–Kier alpha value is -1.10. The smallest absolute Gasteiger partial charge is 0.323 e. The van der Waals surface area contributed by atoms with E-state index in [-0.39, 0.29) is 0 Å². The summed E-state index contributed by atoms with van der Waals surface area (Å²) in [6.07, 6.45) is -0.808. The Labute approximate surface area is 51.4 Å². The highest BCUT2D eigenvalue weighted by Crippen LogP contribution is 1.91. The molecule has 1 fully saturated rings. The van der Waals surface area contributed by atoms with E-state index in [1.807, 2.05) is 5.32 Å². The fraction of sp³-hybridized carbons (Fsp3) is 0.500. The van der Waals surface area contributed by atoms with E-state index in [9.17, 15) is 9.59 Å². The Morgan fingerprint density at radius 3 is 2.44 bits per heavy atom. The van der Waals surface area contributed by atoms with Gasteiger partial charge < -0.3 is 10.1 Å². The van der Waals surface area contributed by atoms with Crippen LogP contribution in [0.4, 0.5) is 4.79 Å². The van der Waals surface area contributed by atoms with Crippen LogP contribution in [0.15, 0.2) is 0 Å². The third-order valence-electron chi connectivity index (χ3n) is 0.973. The maximum Gasteiger partial charge on any atom is 0.323 e. The summed E-state index contributed by atoms with van der Waals surface area (Å²) in [7, 11) is 1.34. The number of rotatable bonds is 1. The summed E-state index contributed by atoms with van der Waals surface area (Å²) in [6.45, 7) is 0. The average Bonchev–Trinajstić information content (AvgIpc) is 2.10. The number of hydrogen-bond acceptors (Lipinski definition) is 3. The van der Waals surface area contributed by atoms with Crippen LogP contribution < -0.4 is 10.6 Å². The molecule has 50 valence electrons. The average molecular weight is 130 g/mol. The summed E-state index contributed by atoms with van der Waals surface area (Å²) >= 11 is 0. The zero-order valence-corrected chi connectivity index (χ0v) is 4.80. The van der Waals surface area contributed by atoms with Crippen molar-refractivity contribution in [1.29, 1.82) is 0 Å². The van der Waals surface area contributed by atoms with Crippen LogP contribution in [0.2, 0.25) is 0 Å². The van der Waals surface area contributed by atoms with Crippen LogP contribution in [-0.2, 0) is 9.53 Å². The Kier molecular flexibility index (Phi) is 1.35. The molecule has 2 N–H and O–H groups in total. The van der Waals surface area contributed by atoms with Gasteiger partial charge >= 0.3 is 6.03 Å². The number of carbonyl (C=O) groups is 2. The van der Waals surface area contributed by atoms with Gasteiger partial charge in [-0.1, -0.05) is 0 Å². The van der Waals surface area contributed by atoms with E-state index in [2.05, 4.69) is 10.1 Å². The molecule has 1 saturated heterocycles. The summed E-state index contributed by atoms with van der Waals surface area (Å²) in [5, 5.41) is 4.24. The molecule has 1 rings (SSSR count). The van der Waals surface area contributed by atoms with E-state index in [4.69, 9.17) is 0 Å². The maximum atomic E-state index is 10.5. The van der Waals surface area contributed by atoms with Gasteiger partial charge in [0.1, 0.15) is 0 Å². The zero-order chi connectivity index (χ0) is 6.85. The molecule has 1 unspecified atom stereocenters. The first kappa shape index (κ1) is 6.03. The van der Waals surface area contributed by atoms with Crippen molar-refractivity contribution in [2.24, 2.45) is 0 Å². The molecule has 0 bridgehead atoms. The third kappa shape index (κ3) is 0.996. The highest BCUT2D eigenvalue weighted by molar-refractivity contribution is 6.03. The Balaban J connectivity index is 2.58. The van der Waals surface area contributed by atoms with Crippen molar-refractivity contribution in [3.8, 4) is 0 Å². The van der Waals surface area contributed by atoms with Crippen LogP contribution in [-0.4, -0.2) is 25.3 Å². The van der Waals surface area contributed by atoms with E-state index in [1.54, 1.807) is 0 Å². The second-order valence-electron chi connectivity index (χ2n) is 1.58. The molecule has 0 aromatic rings. The number of amides is 3. The van der Waals surface area contributed by atoms with Crippen molar-refractivity contribution in [1.82, 2.24) is 10.6 Å². The fourth-order valence-electron chi connectivity index (χ4n) is 0.564. The molecule has 0 aliphatic carbocycles. The monoisotopic (exact) mass is 130 g/mol. The number of carbonyl (C=O) groups excluding carboxylic acids is 2. The highest BCUT2D eigenvalue weighted by atomic mass is 16.5. The molecule has 0 saturated carbocycles. The van der Waals surface area contributed by atoms with E-state index in [0.29, 0.717) is 0 Å². The molecule has 0 aromatic heterocycles. The molecule has 3 amide bonds. The molecule has 1 atom stereocenters. The molecule has 5 nitrogen and oxygen atoms in total. The number of urea groups is 1. The number of nitrogens with one attached hydrogen (secondary N) is 2. The lowest BCUT2D eigenvalue weighted by Crippen LogP contribution is -2.30. The van der Waals surface area contributed by atoms with Crippen molar-refractivity contribution < 1.29 is 14.3 Å². The third-order valence-corrected chi connectivity index (χ3v) is 0.973. The Morgan fingerprint density at radius 2 is 2.22 bits per heavy atom. The molecule has 0 spiro atoms. The lowest BCUT2D eigenvalue weighted by Gasteiger charge is -2.00. The van der Waals surface area contributed by atoms with Crippen molar-refractivity contribution in [2.45, 2.75) is 6.23 Å². The van der Waals surface area contributed by atoms with Crippen molar-refractivity contribution >= 4 is 11.9 Å². The van der Waals surface area contributed by atoms with Gasteiger partial charge in [0.2, 0.25) is 6.23 Å². The van der Waals surface area contributed by atoms with E-state index >= 15 is 0 Å².